The molecular weight excluding hydrogens is 248 g/mol. The van der Waals surface area contributed by atoms with Crippen LogP contribution in [0.1, 0.15) is 5.56 Å². The number of hydrogen-bond acceptors (Lipinski definition) is 4. The monoisotopic (exact) mass is 267 g/mol. The fourth-order valence-corrected chi connectivity index (χ4v) is 2.15. The molecule has 1 aliphatic heterocycles. The van der Waals surface area contributed by atoms with E-state index in [1.54, 1.807) is 19.1 Å². The summed E-state index contributed by atoms with van der Waals surface area (Å²) in [6.45, 7) is 6.92. The van der Waals surface area contributed by atoms with Crippen LogP contribution in [0.15, 0.2) is 18.2 Å². The number of aryl methyl sites for hydroxylation is 1. The molecule has 1 aromatic rings. The predicted molar refractivity (Wildman–Crippen MR) is 69.7 cm³/mol. The fourth-order valence-electron chi connectivity index (χ4n) is 2.15. The van der Waals surface area contributed by atoms with E-state index in [4.69, 9.17) is 9.47 Å². The van der Waals surface area contributed by atoms with Crippen molar-refractivity contribution in [2.45, 2.75) is 6.92 Å². The van der Waals surface area contributed by atoms with Gasteiger partial charge >= 0.3 is 0 Å². The van der Waals surface area contributed by atoms with E-state index in [-0.39, 0.29) is 10.6 Å². The summed E-state index contributed by atoms with van der Waals surface area (Å²) < 4.78 is 10.9. The molecule has 1 fully saturated rings. The van der Waals surface area contributed by atoms with Crippen LogP contribution in [0.3, 0.4) is 0 Å². The highest BCUT2D eigenvalue weighted by molar-refractivity contribution is 5.44. The summed E-state index contributed by atoms with van der Waals surface area (Å²) in [6, 6.07) is 4.86. The van der Waals surface area contributed by atoms with Gasteiger partial charge in [-0.3, -0.25) is 10.1 Å². The summed E-state index contributed by atoms with van der Waals surface area (Å²) in [5.74, 6) is 0.691. The lowest BCUT2D eigenvalue weighted by Crippen LogP contribution is -3.14. The van der Waals surface area contributed by atoms with Crippen molar-refractivity contribution in [2.75, 3.05) is 39.5 Å². The zero-order valence-corrected chi connectivity index (χ0v) is 11.1. The van der Waals surface area contributed by atoms with Crippen LogP contribution in [-0.4, -0.2) is 44.4 Å². The summed E-state index contributed by atoms with van der Waals surface area (Å²) in [5.41, 5.74) is 0.757. The maximum Gasteiger partial charge on any atom is 0.272 e. The summed E-state index contributed by atoms with van der Waals surface area (Å²) >= 11 is 0. The van der Waals surface area contributed by atoms with Crippen molar-refractivity contribution >= 4 is 5.69 Å². The standard InChI is InChI=1S/C13H18N2O4/c1-11-10-12(2-3-13(11)15(16)17)19-9-6-14-4-7-18-8-5-14/h2-3,10H,4-9H2,1H3/p+1. The first-order valence-electron chi connectivity index (χ1n) is 6.46. The molecule has 6 nitrogen and oxygen atoms in total. The maximum absolute atomic E-state index is 10.7. The number of nitrogens with zero attached hydrogens (tertiary/aromatic N) is 1. The van der Waals surface area contributed by atoms with Gasteiger partial charge in [-0.2, -0.15) is 0 Å². The van der Waals surface area contributed by atoms with Crippen molar-refractivity contribution in [2.24, 2.45) is 0 Å². The Labute approximate surface area is 112 Å². The highest BCUT2D eigenvalue weighted by Crippen LogP contribution is 2.22. The van der Waals surface area contributed by atoms with Crippen LogP contribution >= 0.6 is 0 Å². The van der Waals surface area contributed by atoms with Crippen LogP contribution in [0.25, 0.3) is 0 Å². The SMILES string of the molecule is Cc1cc(OCC[NH+]2CCOCC2)ccc1[N+](=O)[O-]. The Kier molecular flexibility index (Phi) is 4.70. The molecule has 0 amide bonds. The maximum atomic E-state index is 10.7. The topological polar surface area (TPSA) is 66.0 Å². The van der Waals surface area contributed by atoms with Gasteiger partial charge in [-0.15, -0.1) is 0 Å². The Hall–Kier alpha value is -1.66. The van der Waals surface area contributed by atoms with Gasteiger partial charge < -0.3 is 14.4 Å². The minimum absolute atomic E-state index is 0.131. The number of nitro benzene ring substituents is 1. The van der Waals surface area contributed by atoms with Crippen LogP contribution in [0.5, 0.6) is 5.75 Å². The molecular formula is C13H19N2O4+. The van der Waals surface area contributed by atoms with Gasteiger partial charge in [-0.25, -0.2) is 0 Å². The molecule has 104 valence electrons. The first-order valence-corrected chi connectivity index (χ1v) is 6.46. The molecule has 0 unspecified atom stereocenters. The van der Waals surface area contributed by atoms with E-state index in [1.165, 1.54) is 11.0 Å². The highest BCUT2D eigenvalue weighted by Gasteiger charge is 2.14. The van der Waals surface area contributed by atoms with E-state index in [2.05, 4.69) is 0 Å². The molecule has 0 aliphatic carbocycles. The normalized spacial score (nSPS) is 16.3. The Morgan fingerprint density at radius 1 is 1.42 bits per heavy atom. The van der Waals surface area contributed by atoms with Crippen molar-refractivity contribution in [3.8, 4) is 5.75 Å². The van der Waals surface area contributed by atoms with Gasteiger partial charge in [-0.05, 0) is 19.1 Å². The number of morpholine rings is 1. The van der Waals surface area contributed by atoms with E-state index in [1.807, 2.05) is 0 Å². The highest BCUT2D eigenvalue weighted by atomic mass is 16.6. The largest absolute Gasteiger partial charge is 0.488 e. The minimum Gasteiger partial charge on any atom is -0.488 e. The number of ether oxygens (including phenoxy) is 2. The third kappa shape index (κ3) is 3.90. The Morgan fingerprint density at radius 3 is 2.79 bits per heavy atom. The smallest absolute Gasteiger partial charge is 0.272 e. The molecule has 0 aromatic heterocycles. The van der Waals surface area contributed by atoms with Gasteiger partial charge in [0.15, 0.2) is 0 Å². The van der Waals surface area contributed by atoms with E-state index in [0.29, 0.717) is 17.9 Å². The molecule has 1 aromatic carbocycles. The van der Waals surface area contributed by atoms with E-state index >= 15 is 0 Å². The van der Waals surface area contributed by atoms with Crippen molar-refractivity contribution in [1.82, 2.24) is 0 Å². The van der Waals surface area contributed by atoms with Crippen LogP contribution in [-0.2, 0) is 4.74 Å². The molecule has 2 rings (SSSR count). The molecule has 0 atom stereocenters. The average Bonchev–Trinajstić information content (AvgIpc) is 2.39. The van der Waals surface area contributed by atoms with Crippen molar-refractivity contribution in [3.63, 3.8) is 0 Å². The zero-order valence-electron chi connectivity index (χ0n) is 11.1. The first kappa shape index (κ1) is 13.8. The van der Waals surface area contributed by atoms with E-state index in [9.17, 15) is 10.1 Å². The van der Waals surface area contributed by atoms with E-state index < -0.39 is 0 Å². The second kappa shape index (κ2) is 6.49. The lowest BCUT2D eigenvalue weighted by atomic mass is 10.2. The summed E-state index contributed by atoms with van der Waals surface area (Å²) in [7, 11) is 0. The molecule has 1 N–H and O–H groups in total. The second-order valence-corrected chi connectivity index (χ2v) is 4.67. The van der Waals surface area contributed by atoms with Crippen LogP contribution in [0.2, 0.25) is 0 Å². The van der Waals surface area contributed by atoms with Gasteiger partial charge in [0.05, 0.1) is 18.1 Å². The molecule has 0 radical (unpaired) electrons. The zero-order chi connectivity index (χ0) is 13.7. The summed E-state index contributed by atoms with van der Waals surface area (Å²) in [4.78, 5) is 11.8. The first-order chi connectivity index (χ1) is 9.16. The molecule has 19 heavy (non-hydrogen) atoms. The molecule has 6 heteroatoms. The van der Waals surface area contributed by atoms with Crippen molar-refractivity contribution < 1.29 is 19.3 Å². The van der Waals surface area contributed by atoms with Crippen LogP contribution in [0, 0.1) is 17.0 Å². The molecule has 1 saturated heterocycles. The number of rotatable bonds is 5. The van der Waals surface area contributed by atoms with Gasteiger partial charge in [0.25, 0.3) is 5.69 Å². The Bertz CT molecular complexity index is 444. The fraction of sp³-hybridized carbons (Fsp3) is 0.538. The van der Waals surface area contributed by atoms with E-state index in [0.717, 1.165) is 32.8 Å². The number of nitro groups is 1. The predicted octanol–water partition coefficient (Wildman–Crippen LogP) is 0.197. The minimum atomic E-state index is -0.378. The molecule has 0 bridgehead atoms. The second-order valence-electron chi connectivity index (χ2n) is 4.67. The molecule has 1 heterocycles. The Balaban J connectivity index is 1.82. The lowest BCUT2D eigenvalue weighted by Gasteiger charge is -2.23. The van der Waals surface area contributed by atoms with Gasteiger partial charge in [0, 0.05) is 11.6 Å². The Morgan fingerprint density at radius 2 is 2.16 bits per heavy atom. The van der Waals surface area contributed by atoms with Gasteiger partial charge in [0.1, 0.15) is 32.0 Å². The lowest BCUT2D eigenvalue weighted by molar-refractivity contribution is -0.908. The third-order valence-corrected chi connectivity index (χ3v) is 3.29. The van der Waals surface area contributed by atoms with Crippen LogP contribution < -0.4 is 9.64 Å². The van der Waals surface area contributed by atoms with Crippen molar-refractivity contribution in [3.05, 3.63) is 33.9 Å². The number of benzene rings is 1. The summed E-state index contributed by atoms with van der Waals surface area (Å²) in [5, 5.41) is 10.7. The van der Waals surface area contributed by atoms with Gasteiger partial charge in [-0.1, -0.05) is 0 Å². The average molecular weight is 267 g/mol. The summed E-state index contributed by atoms with van der Waals surface area (Å²) in [6.07, 6.45) is 0. The number of quaternary nitrogens is 1. The molecule has 0 saturated carbocycles. The molecule has 0 spiro atoms. The number of nitrogens with one attached hydrogen (secondary N) is 1. The van der Waals surface area contributed by atoms with Gasteiger partial charge in [0.2, 0.25) is 0 Å². The van der Waals surface area contributed by atoms with Crippen LogP contribution in [0.4, 0.5) is 5.69 Å². The quantitative estimate of drug-likeness (QED) is 0.611. The number of hydrogen-bond donors (Lipinski definition) is 1. The van der Waals surface area contributed by atoms with Crippen molar-refractivity contribution in [1.29, 1.82) is 0 Å². The third-order valence-electron chi connectivity index (χ3n) is 3.29. The molecule has 1 aliphatic rings.